The van der Waals surface area contributed by atoms with Crippen molar-refractivity contribution < 1.29 is 19.2 Å². The Bertz CT molecular complexity index is 986. The second-order valence-electron chi connectivity index (χ2n) is 6.04. The number of urea groups is 1. The van der Waals surface area contributed by atoms with Gasteiger partial charge in [0.25, 0.3) is 11.6 Å². The normalized spacial score (nSPS) is 16.1. The highest BCUT2D eigenvalue weighted by Crippen LogP contribution is 2.34. The van der Waals surface area contributed by atoms with Crippen LogP contribution < -0.4 is 20.7 Å². The third-order valence-corrected chi connectivity index (χ3v) is 4.31. The van der Waals surface area contributed by atoms with Crippen molar-refractivity contribution in [1.29, 1.82) is 0 Å². The van der Waals surface area contributed by atoms with Gasteiger partial charge in [-0.1, -0.05) is 24.3 Å². The molecule has 0 radical (unpaired) electrons. The third-order valence-electron chi connectivity index (χ3n) is 4.31. The molecule has 1 heterocycles. The van der Waals surface area contributed by atoms with E-state index in [2.05, 4.69) is 16.0 Å². The third kappa shape index (κ3) is 3.63. The number of carbonyl (C=O) groups excluding carboxylic acids is 2. The number of nitro benzene ring substituents is 1. The van der Waals surface area contributed by atoms with Crippen LogP contribution in [0.4, 0.5) is 16.2 Å². The van der Waals surface area contributed by atoms with Gasteiger partial charge in [-0.25, -0.2) is 4.79 Å². The largest absolute Gasteiger partial charge is 0.495 e. The Labute approximate surface area is 160 Å². The highest BCUT2D eigenvalue weighted by molar-refractivity contribution is 6.07. The number of carbonyl (C=O) groups is 2. The van der Waals surface area contributed by atoms with Gasteiger partial charge in [0.15, 0.2) is 0 Å². The number of benzene rings is 2. The lowest BCUT2D eigenvalue weighted by Gasteiger charge is -2.28. The number of methoxy groups -OCH3 is 1. The molecule has 0 fully saturated rings. The summed E-state index contributed by atoms with van der Waals surface area (Å²) in [5.41, 5.74) is 0.935. The van der Waals surface area contributed by atoms with Gasteiger partial charge >= 0.3 is 6.03 Å². The van der Waals surface area contributed by atoms with Crippen LogP contribution >= 0.6 is 0 Å². The number of nitro groups is 1. The summed E-state index contributed by atoms with van der Waals surface area (Å²) in [4.78, 5) is 35.9. The van der Waals surface area contributed by atoms with Crippen LogP contribution in [0.3, 0.4) is 0 Å². The van der Waals surface area contributed by atoms with Crippen molar-refractivity contribution >= 4 is 23.3 Å². The number of rotatable bonds is 5. The number of anilines is 1. The number of ether oxygens (including phenoxy) is 1. The molecule has 3 N–H and O–H groups in total. The lowest BCUT2D eigenvalue weighted by molar-refractivity contribution is -0.385. The van der Waals surface area contributed by atoms with Gasteiger partial charge in [0.1, 0.15) is 5.75 Å². The van der Waals surface area contributed by atoms with Crippen molar-refractivity contribution in [2.24, 2.45) is 0 Å². The predicted octanol–water partition coefficient (Wildman–Crippen LogP) is 2.87. The summed E-state index contributed by atoms with van der Waals surface area (Å²) in [6.45, 7) is 1.57. The first-order valence-corrected chi connectivity index (χ1v) is 8.38. The van der Waals surface area contributed by atoms with Crippen LogP contribution in [0.5, 0.6) is 5.75 Å². The standard InChI is InChI=1S/C19H18N4O5/c1-11-16(18(24)21-13-8-4-6-10-15(13)28-2)17(22-19(25)20-11)12-7-3-5-9-14(12)23(26)27/h3-10,17H,1-2H3,(H,21,24)(H2,20,22,25)/t17-/m1/s1. The fourth-order valence-corrected chi connectivity index (χ4v) is 3.06. The van der Waals surface area contributed by atoms with Crippen molar-refractivity contribution in [1.82, 2.24) is 10.6 Å². The quantitative estimate of drug-likeness (QED) is 0.542. The summed E-state index contributed by atoms with van der Waals surface area (Å²) in [6.07, 6.45) is 0. The van der Waals surface area contributed by atoms with Gasteiger partial charge in [0, 0.05) is 11.8 Å². The molecular formula is C19H18N4O5. The van der Waals surface area contributed by atoms with Crippen LogP contribution in [0.15, 0.2) is 59.8 Å². The maximum Gasteiger partial charge on any atom is 0.319 e. The highest BCUT2D eigenvalue weighted by Gasteiger charge is 2.35. The zero-order valence-electron chi connectivity index (χ0n) is 15.2. The summed E-state index contributed by atoms with van der Waals surface area (Å²) in [7, 11) is 1.48. The summed E-state index contributed by atoms with van der Waals surface area (Å²) >= 11 is 0. The molecule has 144 valence electrons. The van der Waals surface area contributed by atoms with E-state index in [4.69, 9.17) is 4.74 Å². The van der Waals surface area contributed by atoms with E-state index in [0.29, 0.717) is 17.1 Å². The number of hydrogen-bond donors (Lipinski definition) is 3. The average Bonchev–Trinajstić information content (AvgIpc) is 2.67. The zero-order chi connectivity index (χ0) is 20.3. The van der Waals surface area contributed by atoms with Gasteiger partial charge in [0.2, 0.25) is 0 Å². The van der Waals surface area contributed by atoms with Gasteiger partial charge in [0.05, 0.1) is 34.9 Å². The Balaban J connectivity index is 2.03. The minimum atomic E-state index is -0.981. The molecule has 0 spiro atoms. The minimum absolute atomic E-state index is 0.166. The first-order chi connectivity index (χ1) is 13.4. The van der Waals surface area contributed by atoms with E-state index in [1.54, 1.807) is 37.3 Å². The fraction of sp³-hybridized carbons (Fsp3) is 0.158. The van der Waals surface area contributed by atoms with Gasteiger partial charge in [-0.15, -0.1) is 0 Å². The molecular weight excluding hydrogens is 364 g/mol. The molecule has 0 aliphatic carbocycles. The maximum absolute atomic E-state index is 13.0. The summed E-state index contributed by atoms with van der Waals surface area (Å²) < 4.78 is 5.23. The molecule has 0 bridgehead atoms. The molecule has 1 atom stereocenters. The van der Waals surface area contributed by atoms with E-state index >= 15 is 0 Å². The van der Waals surface area contributed by atoms with E-state index in [-0.39, 0.29) is 16.8 Å². The van der Waals surface area contributed by atoms with E-state index in [0.717, 1.165) is 0 Å². The van der Waals surface area contributed by atoms with E-state index in [1.807, 2.05) is 0 Å². The number of hydrogen-bond acceptors (Lipinski definition) is 5. The molecule has 1 aliphatic heterocycles. The molecule has 0 saturated heterocycles. The molecule has 1 aliphatic rings. The fourth-order valence-electron chi connectivity index (χ4n) is 3.06. The Hall–Kier alpha value is -3.88. The summed E-state index contributed by atoms with van der Waals surface area (Å²) in [5.74, 6) is -0.0539. The van der Waals surface area contributed by atoms with Crippen LogP contribution in [0.1, 0.15) is 18.5 Å². The summed E-state index contributed by atoms with van der Waals surface area (Å²) in [5, 5.41) is 19.3. The van der Waals surface area contributed by atoms with Gasteiger partial charge in [-0.2, -0.15) is 0 Å². The maximum atomic E-state index is 13.0. The molecule has 9 nitrogen and oxygen atoms in total. The van der Waals surface area contributed by atoms with Crippen molar-refractivity contribution in [2.75, 3.05) is 12.4 Å². The van der Waals surface area contributed by atoms with E-state index in [9.17, 15) is 19.7 Å². The molecule has 0 saturated carbocycles. The molecule has 9 heteroatoms. The average molecular weight is 382 g/mol. The lowest BCUT2D eigenvalue weighted by atomic mass is 9.93. The van der Waals surface area contributed by atoms with E-state index < -0.39 is 22.9 Å². The molecule has 0 aromatic heterocycles. The smallest absolute Gasteiger partial charge is 0.319 e. The second-order valence-corrected chi connectivity index (χ2v) is 6.04. The van der Waals surface area contributed by atoms with Crippen molar-refractivity contribution in [3.63, 3.8) is 0 Å². The van der Waals surface area contributed by atoms with Gasteiger partial charge in [-0.05, 0) is 25.1 Å². The summed E-state index contributed by atoms with van der Waals surface area (Å²) in [6, 6.07) is 11.3. The molecule has 0 unspecified atom stereocenters. The first kappa shape index (κ1) is 18.9. The molecule has 2 aromatic rings. The lowest BCUT2D eigenvalue weighted by Crippen LogP contribution is -2.46. The zero-order valence-corrected chi connectivity index (χ0v) is 15.2. The Morgan fingerprint density at radius 3 is 2.57 bits per heavy atom. The van der Waals surface area contributed by atoms with E-state index in [1.165, 1.54) is 25.3 Å². The van der Waals surface area contributed by atoms with Gasteiger partial charge in [-0.3, -0.25) is 14.9 Å². The highest BCUT2D eigenvalue weighted by atomic mass is 16.6. The van der Waals surface area contributed by atoms with Gasteiger partial charge < -0.3 is 20.7 Å². The number of nitrogens with zero attached hydrogens (tertiary/aromatic N) is 1. The topological polar surface area (TPSA) is 123 Å². The van der Waals surface area contributed by atoms with Crippen molar-refractivity contribution in [3.8, 4) is 5.75 Å². The van der Waals surface area contributed by atoms with Crippen molar-refractivity contribution in [2.45, 2.75) is 13.0 Å². The van der Waals surface area contributed by atoms with Crippen LogP contribution in [-0.2, 0) is 4.79 Å². The molecule has 3 amide bonds. The minimum Gasteiger partial charge on any atom is -0.495 e. The van der Waals surface area contributed by atoms with Crippen molar-refractivity contribution in [3.05, 3.63) is 75.5 Å². The van der Waals surface area contributed by atoms with Crippen LogP contribution in [0, 0.1) is 10.1 Å². The van der Waals surface area contributed by atoms with Crippen LogP contribution in [0.2, 0.25) is 0 Å². The SMILES string of the molecule is COc1ccccc1NC(=O)C1=C(C)NC(=O)N[C@@H]1c1ccccc1[N+](=O)[O-]. The number of nitrogens with one attached hydrogen (secondary N) is 3. The Kier molecular flexibility index (Phi) is 5.25. The number of allylic oxidation sites excluding steroid dienone is 1. The molecule has 2 aromatic carbocycles. The Morgan fingerprint density at radius 1 is 1.18 bits per heavy atom. The van der Waals surface area contributed by atoms with Crippen LogP contribution in [0.25, 0.3) is 0 Å². The second kappa shape index (κ2) is 7.78. The molecule has 28 heavy (non-hydrogen) atoms. The number of amides is 3. The monoisotopic (exact) mass is 382 g/mol. The Morgan fingerprint density at radius 2 is 1.86 bits per heavy atom. The molecule has 3 rings (SSSR count). The predicted molar refractivity (Wildman–Crippen MR) is 102 cm³/mol. The van der Waals surface area contributed by atoms with Crippen LogP contribution in [-0.4, -0.2) is 24.0 Å². The first-order valence-electron chi connectivity index (χ1n) is 8.38. The number of para-hydroxylation sites is 3.